The van der Waals surface area contributed by atoms with Gasteiger partial charge < -0.3 is 21.7 Å². The molecule has 2 aromatic rings. The number of anilines is 3. The van der Waals surface area contributed by atoms with Crippen molar-refractivity contribution >= 4 is 34.5 Å². The number of hydrogen-bond acceptors (Lipinski definition) is 6. The maximum atomic E-state index is 14.7. The van der Waals surface area contributed by atoms with Crippen molar-refractivity contribution in [1.82, 2.24) is 4.98 Å². The van der Waals surface area contributed by atoms with Gasteiger partial charge in [0.2, 0.25) is 0 Å². The van der Waals surface area contributed by atoms with E-state index in [1.807, 2.05) is 11.0 Å². The lowest BCUT2D eigenvalue weighted by Crippen LogP contribution is -2.37. The van der Waals surface area contributed by atoms with Crippen LogP contribution in [0.3, 0.4) is 0 Å². The Balaban J connectivity index is 1.50. The first-order valence-electron chi connectivity index (χ1n) is 10.1. The molecule has 30 heavy (non-hydrogen) atoms. The van der Waals surface area contributed by atoms with E-state index in [2.05, 4.69) is 15.3 Å². The number of hydrogen-bond donors (Lipinski definition) is 3. The Hall–Kier alpha value is -3.26. The summed E-state index contributed by atoms with van der Waals surface area (Å²) in [5.74, 6) is 0.167. The van der Waals surface area contributed by atoms with Gasteiger partial charge >= 0.3 is 0 Å². The number of halogens is 1. The first kappa shape index (κ1) is 20.0. The van der Waals surface area contributed by atoms with Crippen molar-refractivity contribution in [3.8, 4) is 0 Å². The van der Waals surface area contributed by atoms with Crippen molar-refractivity contribution < 1.29 is 9.18 Å². The number of carbonyl (C=O) groups excluding carboxylic acids is 1. The second-order valence-electron chi connectivity index (χ2n) is 7.58. The minimum Gasteiger partial charge on any atom is -0.384 e. The lowest BCUT2D eigenvalue weighted by molar-refractivity contribution is -0.110. The maximum Gasteiger partial charge on any atom is 0.270 e. The maximum absolute atomic E-state index is 14.7. The van der Waals surface area contributed by atoms with Gasteiger partial charge in [0.05, 0.1) is 17.1 Å². The third-order valence-corrected chi connectivity index (χ3v) is 5.58. The van der Waals surface area contributed by atoms with Crippen molar-refractivity contribution in [2.75, 3.05) is 35.6 Å². The minimum absolute atomic E-state index is 0.341. The summed E-state index contributed by atoms with van der Waals surface area (Å²) in [6.45, 7) is 2.07. The average Bonchev–Trinajstić information content (AvgIpc) is 3.25. The number of piperidine rings is 1. The molecule has 156 valence electrons. The van der Waals surface area contributed by atoms with Crippen LogP contribution in [0.5, 0.6) is 0 Å². The number of nitrogens with one attached hydrogen (secondary N) is 1. The molecule has 7 nitrogen and oxygen atoms in total. The normalized spacial score (nSPS) is 16.9. The van der Waals surface area contributed by atoms with Crippen LogP contribution in [0.25, 0.3) is 5.70 Å². The molecule has 2 aliphatic rings. The van der Waals surface area contributed by atoms with Crippen LogP contribution in [-0.2, 0) is 4.79 Å². The molecule has 0 spiro atoms. The van der Waals surface area contributed by atoms with Crippen LogP contribution in [0.2, 0.25) is 0 Å². The number of nitrogen functional groups attached to an aromatic ring is 1. The van der Waals surface area contributed by atoms with Gasteiger partial charge in [0, 0.05) is 31.3 Å². The molecule has 0 saturated carbocycles. The van der Waals surface area contributed by atoms with E-state index in [-0.39, 0.29) is 11.7 Å². The smallest absolute Gasteiger partial charge is 0.270 e. The van der Waals surface area contributed by atoms with E-state index in [0.717, 1.165) is 18.4 Å². The summed E-state index contributed by atoms with van der Waals surface area (Å²) in [5.41, 5.74) is 14.2. The molecule has 4 rings (SSSR count). The molecule has 1 amide bonds. The lowest BCUT2D eigenvalue weighted by Gasteiger charge is -2.34. The average molecular weight is 408 g/mol. The van der Waals surface area contributed by atoms with Crippen molar-refractivity contribution in [1.29, 1.82) is 0 Å². The van der Waals surface area contributed by atoms with Gasteiger partial charge in [-0.1, -0.05) is 12.1 Å². The fourth-order valence-electron chi connectivity index (χ4n) is 3.89. The van der Waals surface area contributed by atoms with E-state index in [4.69, 9.17) is 11.5 Å². The number of carbonyl (C=O) groups is 1. The van der Waals surface area contributed by atoms with Gasteiger partial charge in [-0.05, 0) is 49.6 Å². The molecule has 1 aromatic carbocycles. The highest BCUT2D eigenvalue weighted by atomic mass is 19.1. The predicted octanol–water partition coefficient (Wildman–Crippen LogP) is 2.80. The zero-order valence-corrected chi connectivity index (χ0v) is 16.6. The van der Waals surface area contributed by atoms with Crippen LogP contribution in [-0.4, -0.2) is 36.2 Å². The fourth-order valence-corrected chi connectivity index (χ4v) is 3.89. The SMILES string of the molecule is NCC1CCN(c2c(F)cccc2NC(=O)C2=NC(c3ccnc(N)c3)=CC2)CC1. The van der Waals surface area contributed by atoms with Crippen LogP contribution < -0.4 is 21.7 Å². The summed E-state index contributed by atoms with van der Waals surface area (Å²) >= 11 is 0. The van der Waals surface area contributed by atoms with Gasteiger partial charge in [-0.15, -0.1) is 0 Å². The molecule has 0 aliphatic carbocycles. The summed E-state index contributed by atoms with van der Waals surface area (Å²) in [4.78, 5) is 23.2. The second kappa shape index (κ2) is 8.62. The Bertz CT molecular complexity index is 1010. The molecule has 0 bridgehead atoms. The van der Waals surface area contributed by atoms with E-state index in [1.165, 1.54) is 6.07 Å². The molecule has 2 aliphatic heterocycles. The first-order valence-corrected chi connectivity index (χ1v) is 10.1. The minimum atomic E-state index is -0.349. The van der Waals surface area contributed by atoms with E-state index in [0.29, 0.717) is 60.6 Å². The Morgan fingerprint density at radius 2 is 2.07 bits per heavy atom. The van der Waals surface area contributed by atoms with Crippen LogP contribution in [0.4, 0.5) is 21.6 Å². The van der Waals surface area contributed by atoms with E-state index >= 15 is 0 Å². The van der Waals surface area contributed by atoms with Gasteiger partial charge in [-0.25, -0.2) is 14.4 Å². The summed E-state index contributed by atoms with van der Waals surface area (Å²) in [5, 5.41) is 2.85. The monoisotopic (exact) mass is 408 g/mol. The number of allylic oxidation sites excluding steroid dienone is 1. The predicted molar refractivity (Wildman–Crippen MR) is 118 cm³/mol. The number of pyridine rings is 1. The highest BCUT2D eigenvalue weighted by Gasteiger charge is 2.25. The lowest BCUT2D eigenvalue weighted by atomic mass is 9.96. The van der Waals surface area contributed by atoms with Crippen molar-refractivity contribution in [3.63, 3.8) is 0 Å². The zero-order chi connectivity index (χ0) is 21.1. The molecular weight excluding hydrogens is 383 g/mol. The molecule has 1 aromatic heterocycles. The molecule has 0 radical (unpaired) electrons. The number of aliphatic imine (C=N–C) groups is 1. The highest BCUT2D eigenvalue weighted by molar-refractivity contribution is 6.45. The number of amides is 1. The quantitative estimate of drug-likeness (QED) is 0.705. The molecular formula is C22H25FN6O. The van der Waals surface area contributed by atoms with Crippen molar-refractivity contribution in [3.05, 3.63) is 54.0 Å². The van der Waals surface area contributed by atoms with Crippen LogP contribution in [0, 0.1) is 11.7 Å². The van der Waals surface area contributed by atoms with E-state index < -0.39 is 0 Å². The molecule has 3 heterocycles. The molecule has 0 atom stereocenters. The van der Waals surface area contributed by atoms with E-state index in [9.17, 15) is 9.18 Å². The summed E-state index contributed by atoms with van der Waals surface area (Å²) in [6, 6.07) is 8.24. The molecule has 8 heteroatoms. The van der Waals surface area contributed by atoms with Crippen LogP contribution in [0.15, 0.2) is 47.6 Å². The highest BCUT2D eigenvalue weighted by Crippen LogP contribution is 2.33. The fraction of sp³-hybridized carbons (Fsp3) is 0.318. The van der Waals surface area contributed by atoms with Crippen LogP contribution >= 0.6 is 0 Å². The topological polar surface area (TPSA) is 110 Å². The number of nitrogens with zero attached hydrogens (tertiary/aromatic N) is 3. The molecule has 0 unspecified atom stereocenters. The number of nitrogens with two attached hydrogens (primary N) is 2. The van der Waals surface area contributed by atoms with Crippen molar-refractivity contribution in [2.24, 2.45) is 16.6 Å². The second-order valence-corrected chi connectivity index (χ2v) is 7.58. The van der Waals surface area contributed by atoms with Gasteiger partial charge in [0.25, 0.3) is 5.91 Å². The largest absolute Gasteiger partial charge is 0.384 e. The van der Waals surface area contributed by atoms with Crippen molar-refractivity contribution in [2.45, 2.75) is 19.3 Å². The third-order valence-electron chi connectivity index (χ3n) is 5.58. The Kier molecular flexibility index (Phi) is 5.76. The summed E-state index contributed by atoms with van der Waals surface area (Å²) in [7, 11) is 0. The zero-order valence-electron chi connectivity index (χ0n) is 16.6. The Labute approximate surface area is 174 Å². The number of aromatic nitrogens is 1. The van der Waals surface area contributed by atoms with E-state index in [1.54, 1.807) is 30.5 Å². The molecule has 1 fully saturated rings. The van der Waals surface area contributed by atoms with Gasteiger partial charge in [-0.3, -0.25) is 4.79 Å². The number of para-hydroxylation sites is 1. The van der Waals surface area contributed by atoms with Gasteiger partial charge in [0.1, 0.15) is 17.3 Å². The Morgan fingerprint density at radius 1 is 1.27 bits per heavy atom. The molecule has 5 N–H and O–H groups in total. The van der Waals surface area contributed by atoms with Gasteiger partial charge in [0.15, 0.2) is 0 Å². The summed E-state index contributed by atoms with van der Waals surface area (Å²) < 4.78 is 14.7. The Morgan fingerprint density at radius 3 is 2.80 bits per heavy atom. The summed E-state index contributed by atoms with van der Waals surface area (Å²) in [6.07, 6.45) is 5.69. The van der Waals surface area contributed by atoms with Crippen LogP contribution in [0.1, 0.15) is 24.8 Å². The van der Waals surface area contributed by atoms with Gasteiger partial charge in [-0.2, -0.15) is 0 Å². The number of rotatable bonds is 5. The molecule has 1 saturated heterocycles. The first-order chi connectivity index (χ1) is 14.5. The standard InChI is InChI=1S/C22H25FN6O/c23-16-2-1-3-18(21(16)29-10-7-14(13-24)8-11-29)28-22(30)19-5-4-17(27-19)15-6-9-26-20(25)12-15/h1-4,6,9,12,14H,5,7-8,10-11,13,24H2,(H2,25,26)(H,28,30). The number of benzene rings is 1. The third kappa shape index (κ3) is 4.18.